The van der Waals surface area contributed by atoms with Crippen LogP contribution in [0.3, 0.4) is 0 Å². The molecule has 0 saturated carbocycles. The Morgan fingerprint density at radius 2 is 2.03 bits per heavy atom. The molecule has 0 amide bonds. The summed E-state index contributed by atoms with van der Waals surface area (Å²) in [5.74, 6) is -1.56. The van der Waals surface area contributed by atoms with Crippen LogP contribution >= 0.6 is 0 Å². The van der Waals surface area contributed by atoms with Crippen molar-refractivity contribution in [1.82, 2.24) is 20.1 Å². The lowest BCUT2D eigenvalue weighted by Gasteiger charge is -2.44. The number of rotatable bonds is 8. The maximum absolute atomic E-state index is 14.3. The van der Waals surface area contributed by atoms with Gasteiger partial charge in [-0.05, 0) is 31.3 Å². The summed E-state index contributed by atoms with van der Waals surface area (Å²) in [6, 6.07) is 7.29. The van der Waals surface area contributed by atoms with Crippen molar-refractivity contribution >= 4 is 43.2 Å². The summed E-state index contributed by atoms with van der Waals surface area (Å²) in [7, 11) is 10.7. The molecular formula is C21H25B4FN6O3. The third kappa shape index (κ3) is 4.77. The van der Waals surface area contributed by atoms with Gasteiger partial charge in [0.05, 0.1) is 40.3 Å². The summed E-state index contributed by atoms with van der Waals surface area (Å²) in [4.78, 5) is 16.2. The van der Waals surface area contributed by atoms with Crippen LogP contribution in [-0.4, -0.2) is 64.3 Å². The average Bonchev–Trinajstić information content (AvgIpc) is 3.09. The van der Waals surface area contributed by atoms with E-state index in [2.05, 4.69) is 21.5 Å². The number of aromatic nitrogens is 3. The lowest BCUT2D eigenvalue weighted by atomic mass is 9.31. The zero-order chi connectivity index (χ0) is 26.1. The first kappa shape index (κ1) is 25.9. The Balaban J connectivity index is 2.22. The van der Waals surface area contributed by atoms with Crippen LogP contribution in [0, 0.1) is 17.1 Å². The van der Waals surface area contributed by atoms with E-state index >= 15 is 0 Å². The van der Waals surface area contributed by atoms with E-state index in [0.717, 1.165) is 6.07 Å². The number of carboxylic acid groups (broad SMARTS) is 1. The number of hydrogen-bond acceptors (Lipinski definition) is 7. The van der Waals surface area contributed by atoms with E-state index in [9.17, 15) is 19.6 Å². The number of nitriles is 1. The van der Waals surface area contributed by atoms with Crippen molar-refractivity contribution < 1.29 is 19.0 Å². The average molecular weight is 472 g/mol. The minimum absolute atomic E-state index is 0.0649. The van der Waals surface area contributed by atoms with E-state index in [1.54, 1.807) is 28.0 Å². The second-order valence-electron chi connectivity index (χ2n) is 9.42. The van der Waals surface area contributed by atoms with Crippen LogP contribution < -0.4 is 15.8 Å². The van der Waals surface area contributed by atoms with Crippen LogP contribution in [0.2, 0.25) is 5.11 Å². The van der Waals surface area contributed by atoms with Crippen molar-refractivity contribution in [2.75, 3.05) is 12.8 Å². The van der Waals surface area contributed by atoms with E-state index < -0.39 is 22.4 Å². The zero-order valence-electron chi connectivity index (χ0n) is 20.6. The molecule has 2 aromatic heterocycles. The molecule has 4 N–H and O–H groups in total. The Bertz CT molecular complexity index is 1340. The van der Waals surface area contributed by atoms with Crippen LogP contribution in [0.4, 0.5) is 10.2 Å². The Morgan fingerprint density at radius 1 is 1.34 bits per heavy atom. The number of hydrogen-bond donors (Lipinski definition) is 3. The van der Waals surface area contributed by atoms with Gasteiger partial charge >= 0.3 is 5.97 Å². The van der Waals surface area contributed by atoms with Gasteiger partial charge in [-0.2, -0.15) is 10.4 Å². The number of ether oxygens (including phenoxy) is 1. The van der Waals surface area contributed by atoms with Crippen molar-refractivity contribution in [1.29, 1.82) is 5.26 Å². The topological polar surface area (TPSA) is 139 Å². The monoisotopic (exact) mass is 472 g/mol. The van der Waals surface area contributed by atoms with Gasteiger partial charge in [0, 0.05) is 36.5 Å². The number of aryl methyl sites for hydroxylation is 1. The number of nitrogen functional groups attached to an aromatic ring is 1. The third-order valence-corrected chi connectivity index (χ3v) is 6.21. The Kier molecular flexibility index (Phi) is 7.03. The first-order valence-corrected chi connectivity index (χ1v) is 10.9. The molecule has 3 rings (SSSR count). The van der Waals surface area contributed by atoms with Gasteiger partial charge in [-0.1, -0.05) is 5.11 Å². The van der Waals surface area contributed by atoms with Crippen LogP contribution in [0.5, 0.6) is 5.75 Å². The van der Waals surface area contributed by atoms with Gasteiger partial charge in [-0.3, -0.25) is 4.68 Å². The van der Waals surface area contributed by atoms with E-state index in [-0.39, 0.29) is 22.7 Å². The van der Waals surface area contributed by atoms with Crippen molar-refractivity contribution in [2.45, 2.75) is 17.2 Å². The molecule has 2 heterocycles. The van der Waals surface area contributed by atoms with Gasteiger partial charge in [0.1, 0.15) is 17.6 Å². The molecule has 0 aliphatic heterocycles. The predicted molar refractivity (Wildman–Crippen MR) is 141 cm³/mol. The fraction of sp³-hybridized carbons (Fsp3) is 0.238. The van der Waals surface area contributed by atoms with E-state index in [1.807, 2.05) is 23.5 Å². The number of aromatic carboxylic acids is 1. The number of nitrogens with two attached hydrogens (primary N) is 1. The van der Waals surface area contributed by atoms with E-state index in [0.29, 0.717) is 29.1 Å². The molecule has 0 aliphatic rings. The summed E-state index contributed by atoms with van der Waals surface area (Å²) in [6.07, 6.45) is 1.53. The number of nitrogens with zero attached hydrogens (tertiary/aromatic N) is 4. The van der Waals surface area contributed by atoms with Crippen molar-refractivity contribution in [3.8, 4) is 22.9 Å². The number of carboxylic acids is 1. The molecule has 176 valence electrons. The Morgan fingerprint density at radius 3 is 2.60 bits per heavy atom. The second-order valence-corrected chi connectivity index (χ2v) is 9.42. The number of nitrogens with one attached hydrogen (secondary N) is 1. The lowest BCUT2D eigenvalue weighted by Crippen LogP contribution is -2.48. The summed E-state index contributed by atoms with van der Waals surface area (Å²) in [6.45, 7) is 0.413. The van der Waals surface area contributed by atoms with E-state index in [1.165, 1.54) is 23.0 Å². The summed E-state index contributed by atoms with van der Waals surface area (Å²) in [5.41, 5.74) is 7.04. The molecule has 0 saturated heterocycles. The largest absolute Gasteiger partial charge is 0.490 e. The molecule has 1 unspecified atom stereocenters. The molecule has 0 spiro atoms. The number of anilines is 1. The molecule has 35 heavy (non-hydrogen) atoms. The maximum atomic E-state index is 14.3. The molecule has 1 atom stereocenters. The molecule has 3 aromatic rings. The number of halogens is 1. The standard InChI is InChI=1S/C21H25B4FN6O3/c1-29-9-14-17(15(7-27)32(2)31-14)10-5-16(18(28)30-8-10)35-20(22,21(23,24)25)13-6-11(26)3-4-12(13)19(33)34/h3-6,8,29H,9,22-25H2,1-2H3,(H2,28,30)(H,33,34). The van der Waals surface area contributed by atoms with Gasteiger partial charge in [-0.15, -0.1) is 0 Å². The first-order chi connectivity index (χ1) is 16.3. The smallest absolute Gasteiger partial charge is 0.336 e. The van der Waals surface area contributed by atoms with Crippen LogP contribution in [0.15, 0.2) is 30.5 Å². The fourth-order valence-corrected chi connectivity index (χ4v) is 3.91. The molecule has 0 fully saturated rings. The molecule has 1 aromatic carbocycles. The summed E-state index contributed by atoms with van der Waals surface area (Å²) < 4.78 is 22.2. The van der Waals surface area contributed by atoms with E-state index in [4.69, 9.17) is 10.5 Å². The molecule has 0 bridgehead atoms. The lowest BCUT2D eigenvalue weighted by molar-refractivity contribution is 0.0687. The van der Waals surface area contributed by atoms with Gasteiger partial charge < -0.3 is 20.9 Å². The zero-order valence-corrected chi connectivity index (χ0v) is 20.6. The minimum atomic E-state index is -1.32. The molecule has 0 aliphatic carbocycles. The maximum Gasteiger partial charge on any atom is 0.336 e. The third-order valence-electron chi connectivity index (χ3n) is 6.21. The molecular weight excluding hydrogens is 447 g/mol. The normalized spacial score (nSPS) is 13.1. The van der Waals surface area contributed by atoms with Gasteiger partial charge in [-0.25, -0.2) is 14.2 Å². The minimum Gasteiger partial charge on any atom is -0.490 e. The van der Waals surface area contributed by atoms with Gasteiger partial charge in [0.25, 0.3) is 0 Å². The number of pyridine rings is 1. The Hall–Kier alpha value is -3.71. The summed E-state index contributed by atoms with van der Waals surface area (Å²) >= 11 is 0. The van der Waals surface area contributed by atoms with Crippen LogP contribution in [-0.2, 0) is 19.1 Å². The van der Waals surface area contributed by atoms with Crippen molar-refractivity contribution in [2.24, 2.45) is 7.05 Å². The van der Waals surface area contributed by atoms with Crippen LogP contribution in [0.1, 0.15) is 27.3 Å². The van der Waals surface area contributed by atoms with Crippen molar-refractivity contribution in [3.05, 3.63) is 58.8 Å². The van der Waals surface area contributed by atoms with Gasteiger partial charge in [0.2, 0.25) is 0 Å². The quantitative estimate of drug-likeness (QED) is 0.332. The van der Waals surface area contributed by atoms with Crippen LogP contribution in [0.25, 0.3) is 11.1 Å². The molecule has 14 heteroatoms. The van der Waals surface area contributed by atoms with Crippen molar-refractivity contribution in [3.63, 3.8) is 0 Å². The number of carbonyl (C=O) groups is 1. The predicted octanol–water partition coefficient (Wildman–Crippen LogP) is -1.67. The highest BCUT2D eigenvalue weighted by molar-refractivity contribution is 6.62. The fourth-order valence-electron chi connectivity index (χ4n) is 3.91. The van der Waals surface area contributed by atoms with Gasteiger partial charge in [0.15, 0.2) is 19.4 Å². The number of benzene rings is 1. The SMILES string of the molecule is BC(B)(B)C(B)(Oc1cc(-c2c(CNC)nn(C)c2C#N)cnc1N)c1cc(F)ccc1C(=O)O. The second kappa shape index (κ2) is 9.50. The first-order valence-electron chi connectivity index (χ1n) is 10.9. The molecule has 9 nitrogen and oxygen atoms in total. The highest BCUT2D eigenvalue weighted by Gasteiger charge is 2.44. The highest BCUT2D eigenvalue weighted by atomic mass is 19.1. The Labute approximate surface area is 206 Å². The summed E-state index contributed by atoms with van der Waals surface area (Å²) in [5, 5.41) is 26.3. The molecule has 0 radical (unpaired) electrons. The highest BCUT2D eigenvalue weighted by Crippen LogP contribution is 2.43.